The van der Waals surface area contributed by atoms with Gasteiger partial charge in [0.15, 0.2) is 0 Å². The fourth-order valence-electron chi connectivity index (χ4n) is 4.45. The van der Waals surface area contributed by atoms with Gasteiger partial charge >= 0.3 is 12.0 Å². The smallest absolute Gasteiger partial charge is 0.339 e. The summed E-state index contributed by atoms with van der Waals surface area (Å²) in [5.41, 5.74) is 2.08. The van der Waals surface area contributed by atoms with Crippen LogP contribution in [0.5, 0.6) is 11.5 Å². The largest absolute Gasteiger partial charge is 0.462 e. The van der Waals surface area contributed by atoms with Crippen LogP contribution in [0.15, 0.2) is 67.0 Å². The van der Waals surface area contributed by atoms with Crippen molar-refractivity contribution < 1.29 is 32.6 Å². The van der Waals surface area contributed by atoms with E-state index in [-0.39, 0.29) is 17.1 Å². The molecule has 2 aromatic heterocycles. The predicted octanol–water partition coefficient (Wildman–Crippen LogP) is 5.98. The topological polar surface area (TPSA) is 118 Å². The number of carbonyl (C=O) groups is 2. The number of hydrogen-bond acceptors (Lipinski definition) is 7. The maximum atomic E-state index is 14.8. The minimum Gasteiger partial charge on any atom is -0.462 e. The van der Waals surface area contributed by atoms with Crippen LogP contribution in [0, 0.1) is 18.6 Å². The average Bonchev–Trinajstić information content (AvgIpc) is 3.50. The SMILES string of the molecule is Cc1ccc(F)c(NC(=O)Nc2ccc(Oc3ccnc(-c4cc(C(=O)OCCCN5CCOCC5)c[nH]4)c3)cc2F)c1. The molecule has 0 spiro atoms. The zero-order valence-electron chi connectivity index (χ0n) is 23.5. The number of amides is 2. The molecule has 224 valence electrons. The molecule has 0 bridgehead atoms. The zero-order valence-corrected chi connectivity index (χ0v) is 23.5. The third-order valence-electron chi connectivity index (χ3n) is 6.68. The molecule has 43 heavy (non-hydrogen) atoms. The maximum Gasteiger partial charge on any atom is 0.339 e. The molecule has 4 aromatic rings. The molecule has 0 radical (unpaired) electrons. The minimum atomic E-state index is -0.793. The van der Waals surface area contributed by atoms with Crippen LogP contribution in [0.1, 0.15) is 22.3 Å². The molecule has 1 saturated heterocycles. The molecule has 0 atom stereocenters. The lowest BCUT2D eigenvalue weighted by Crippen LogP contribution is -2.37. The summed E-state index contributed by atoms with van der Waals surface area (Å²) in [7, 11) is 0. The number of nitrogens with zero attached hydrogens (tertiary/aromatic N) is 2. The summed E-state index contributed by atoms with van der Waals surface area (Å²) in [4.78, 5) is 34.4. The Morgan fingerprint density at radius 2 is 1.77 bits per heavy atom. The molecule has 1 aliphatic rings. The number of carbonyl (C=O) groups excluding carboxylic acids is 2. The Kier molecular flexibility index (Phi) is 9.59. The van der Waals surface area contributed by atoms with Crippen LogP contribution < -0.4 is 15.4 Å². The number of aryl methyl sites for hydroxylation is 1. The number of pyridine rings is 1. The fraction of sp³-hybridized carbons (Fsp3) is 0.258. The van der Waals surface area contributed by atoms with Crippen molar-refractivity contribution in [2.45, 2.75) is 13.3 Å². The van der Waals surface area contributed by atoms with Crippen molar-refractivity contribution in [2.24, 2.45) is 0 Å². The monoisotopic (exact) mass is 591 g/mol. The number of H-pyrrole nitrogens is 1. The molecule has 10 nitrogen and oxygen atoms in total. The number of nitrogens with one attached hydrogen (secondary N) is 3. The molecule has 3 heterocycles. The molecule has 0 unspecified atom stereocenters. The van der Waals surface area contributed by atoms with Crippen LogP contribution in [-0.2, 0) is 9.47 Å². The molecular formula is C31H31F2N5O5. The van der Waals surface area contributed by atoms with E-state index in [0.717, 1.165) is 50.9 Å². The number of aromatic amines is 1. The first-order valence-corrected chi connectivity index (χ1v) is 13.8. The molecule has 1 fully saturated rings. The Balaban J connectivity index is 1.15. The van der Waals surface area contributed by atoms with Crippen molar-refractivity contribution in [3.05, 3.63) is 89.8 Å². The molecule has 12 heteroatoms. The van der Waals surface area contributed by atoms with Crippen LogP contribution in [-0.4, -0.2) is 66.3 Å². The van der Waals surface area contributed by atoms with Gasteiger partial charge in [-0.25, -0.2) is 18.4 Å². The summed E-state index contributed by atoms with van der Waals surface area (Å²) < 4.78 is 45.2. The van der Waals surface area contributed by atoms with Gasteiger partial charge in [-0.3, -0.25) is 9.88 Å². The van der Waals surface area contributed by atoms with Crippen LogP contribution in [0.25, 0.3) is 11.4 Å². The van der Waals surface area contributed by atoms with E-state index in [1.807, 2.05) is 0 Å². The van der Waals surface area contributed by atoms with E-state index in [1.165, 1.54) is 30.5 Å². The maximum absolute atomic E-state index is 14.8. The van der Waals surface area contributed by atoms with Gasteiger partial charge in [-0.05, 0) is 55.3 Å². The average molecular weight is 592 g/mol. The highest BCUT2D eigenvalue weighted by Crippen LogP contribution is 2.28. The Hall–Kier alpha value is -4.81. The normalized spacial score (nSPS) is 13.4. The summed E-state index contributed by atoms with van der Waals surface area (Å²) in [6.07, 6.45) is 3.82. The van der Waals surface area contributed by atoms with Crippen molar-refractivity contribution in [1.82, 2.24) is 14.9 Å². The Labute approximate surface area is 247 Å². The number of benzene rings is 2. The minimum absolute atomic E-state index is 0.0167. The van der Waals surface area contributed by atoms with E-state index in [9.17, 15) is 18.4 Å². The van der Waals surface area contributed by atoms with E-state index >= 15 is 0 Å². The second-order valence-electron chi connectivity index (χ2n) is 9.93. The summed E-state index contributed by atoms with van der Waals surface area (Å²) in [6.45, 7) is 6.16. The standard InChI is InChI=1S/C31H31F2N5O5/c1-20-3-5-24(32)27(15-20)37-31(40)36-26-6-4-22(17-25(26)33)43-23-7-8-34-29(18-23)28-16-21(19-35-28)30(39)42-12-2-9-38-10-13-41-14-11-38/h3-8,15-19,35H,2,9-14H2,1H3,(H2,36,37,40). The summed E-state index contributed by atoms with van der Waals surface area (Å²) in [6, 6.07) is 12.3. The molecule has 2 aromatic carbocycles. The number of esters is 1. The van der Waals surface area contributed by atoms with Gasteiger partial charge in [0, 0.05) is 44.2 Å². The Bertz CT molecular complexity index is 1590. The lowest BCUT2D eigenvalue weighted by atomic mass is 10.2. The van der Waals surface area contributed by atoms with Crippen molar-refractivity contribution in [2.75, 3.05) is 50.1 Å². The van der Waals surface area contributed by atoms with E-state index in [1.54, 1.807) is 37.4 Å². The Morgan fingerprint density at radius 1 is 0.977 bits per heavy atom. The Morgan fingerprint density at radius 3 is 2.58 bits per heavy atom. The number of anilines is 2. The van der Waals surface area contributed by atoms with Gasteiger partial charge in [0.2, 0.25) is 0 Å². The van der Waals surface area contributed by atoms with Crippen molar-refractivity contribution >= 4 is 23.4 Å². The van der Waals surface area contributed by atoms with Gasteiger partial charge in [-0.15, -0.1) is 0 Å². The highest BCUT2D eigenvalue weighted by molar-refractivity contribution is 6.00. The summed E-state index contributed by atoms with van der Waals surface area (Å²) >= 11 is 0. The molecular weight excluding hydrogens is 560 g/mol. The van der Waals surface area contributed by atoms with Crippen molar-refractivity contribution in [1.29, 1.82) is 0 Å². The second-order valence-corrected chi connectivity index (χ2v) is 9.93. The van der Waals surface area contributed by atoms with Gasteiger partial charge in [-0.1, -0.05) is 6.07 Å². The second kappa shape index (κ2) is 13.9. The number of urea groups is 1. The molecule has 2 amide bonds. The molecule has 5 rings (SSSR count). The number of aromatic nitrogens is 2. The lowest BCUT2D eigenvalue weighted by Gasteiger charge is -2.26. The fourth-order valence-corrected chi connectivity index (χ4v) is 4.45. The quantitative estimate of drug-likeness (QED) is 0.153. The van der Waals surface area contributed by atoms with Crippen molar-refractivity contribution in [3.8, 4) is 22.9 Å². The summed E-state index contributed by atoms with van der Waals surface area (Å²) in [5, 5.41) is 4.73. The predicted molar refractivity (Wildman–Crippen MR) is 156 cm³/mol. The first kappa shape index (κ1) is 29.7. The van der Waals surface area contributed by atoms with Crippen LogP contribution in [0.2, 0.25) is 0 Å². The zero-order chi connectivity index (χ0) is 30.2. The lowest BCUT2D eigenvalue weighted by molar-refractivity contribution is 0.0298. The van der Waals surface area contributed by atoms with Gasteiger partial charge in [0.05, 0.1) is 48.1 Å². The molecule has 0 aliphatic carbocycles. The molecule has 3 N–H and O–H groups in total. The van der Waals surface area contributed by atoms with Crippen LogP contribution >= 0.6 is 0 Å². The highest BCUT2D eigenvalue weighted by Gasteiger charge is 2.15. The van der Waals surface area contributed by atoms with Gasteiger partial charge in [0.1, 0.15) is 23.1 Å². The van der Waals surface area contributed by atoms with E-state index in [0.29, 0.717) is 29.3 Å². The van der Waals surface area contributed by atoms with E-state index in [2.05, 4.69) is 25.5 Å². The summed E-state index contributed by atoms with van der Waals surface area (Å²) in [5.74, 6) is -1.23. The number of hydrogen-bond donors (Lipinski definition) is 3. The van der Waals surface area contributed by atoms with E-state index < -0.39 is 23.6 Å². The van der Waals surface area contributed by atoms with Gasteiger partial charge < -0.3 is 29.8 Å². The molecule has 0 saturated carbocycles. The third kappa shape index (κ3) is 8.15. The van der Waals surface area contributed by atoms with Gasteiger partial charge in [-0.2, -0.15) is 0 Å². The highest BCUT2D eigenvalue weighted by atomic mass is 19.1. The van der Waals surface area contributed by atoms with Gasteiger partial charge in [0.25, 0.3) is 0 Å². The third-order valence-corrected chi connectivity index (χ3v) is 6.68. The first-order chi connectivity index (χ1) is 20.8. The number of rotatable bonds is 10. The van der Waals surface area contributed by atoms with Crippen molar-refractivity contribution in [3.63, 3.8) is 0 Å². The number of morpholine rings is 1. The first-order valence-electron chi connectivity index (χ1n) is 13.8. The number of ether oxygens (including phenoxy) is 3. The van der Waals surface area contributed by atoms with Crippen LogP contribution in [0.4, 0.5) is 25.0 Å². The molecule has 1 aliphatic heterocycles. The van der Waals surface area contributed by atoms with E-state index in [4.69, 9.17) is 14.2 Å². The number of halogens is 2. The van der Waals surface area contributed by atoms with Crippen LogP contribution in [0.3, 0.4) is 0 Å².